The number of para-hydroxylation sites is 1. The number of nitrogens with zero attached hydrogens (tertiary/aromatic N) is 6. The minimum absolute atomic E-state index is 0.210. The van der Waals surface area contributed by atoms with E-state index in [2.05, 4.69) is 25.3 Å². The maximum atomic E-state index is 6.12. The van der Waals surface area contributed by atoms with Crippen LogP contribution in [-0.4, -0.2) is 19.7 Å². The van der Waals surface area contributed by atoms with Gasteiger partial charge in [0.2, 0.25) is 5.13 Å². The zero-order valence-corrected chi connectivity index (χ0v) is 14.4. The van der Waals surface area contributed by atoms with Crippen LogP contribution >= 0.6 is 22.7 Å². The third-order valence-corrected chi connectivity index (χ3v) is 4.66. The molecule has 0 aliphatic rings. The Labute approximate surface area is 150 Å². The van der Waals surface area contributed by atoms with Gasteiger partial charge in [-0.25, -0.2) is 14.6 Å². The van der Waals surface area contributed by atoms with Gasteiger partial charge >= 0.3 is 0 Å². The van der Waals surface area contributed by atoms with Gasteiger partial charge < -0.3 is 11.5 Å². The van der Waals surface area contributed by atoms with Gasteiger partial charge in [0.25, 0.3) is 0 Å². The van der Waals surface area contributed by atoms with Crippen LogP contribution in [0, 0.1) is 0 Å². The second kappa shape index (κ2) is 6.42. The van der Waals surface area contributed by atoms with E-state index in [1.54, 1.807) is 5.51 Å². The van der Waals surface area contributed by atoms with E-state index in [1.807, 2.05) is 41.1 Å². The molecule has 0 saturated heterocycles. The molecule has 124 valence electrons. The number of nitrogens with two attached hydrogens (primary N) is 2. The predicted octanol–water partition coefficient (Wildman–Crippen LogP) is 4.03. The average molecular weight is 368 g/mol. The van der Waals surface area contributed by atoms with Crippen LogP contribution in [0.15, 0.2) is 56.8 Å². The van der Waals surface area contributed by atoms with Gasteiger partial charge in [-0.2, -0.15) is 0 Å². The van der Waals surface area contributed by atoms with E-state index in [1.165, 1.54) is 27.4 Å². The molecule has 10 heteroatoms. The van der Waals surface area contributed by atoms with Gasteiger partial charge in [0.15, 0.2) is 17.3 Å². The summed E-state index contributed by atoms with van der Waals surface area (Å²) in [4.78, 5) is 8.61. The van der Waals surface area contributed by atoms with Crippen molar-refractivity contribution in [1.82, 2.24) is 19.7 Å². The van der Waals surface area contributed by atoms with Gasteiger partial charge in [0.05, 0.1) is 11.2 Å². The van der Waals surface area contributed by atoms with Crippen molar-refractivity contribution in [3.63, 3.8) is 0 Å². The number of azo groups is 1. The van der Waals surface area contributed by atoms with Crippen LogP contribution in [0.5, 0.6) is 0 Å². The van der Waals surface area contributed by atoms with Crippen molar-refractivity contribution in [3.8, 4) is 17.1 Å². The monoisotopic (exact) mass is 368 g/mol. The molecular weight excluding hydrogens is 356 g/mol. The first-order valence-electron chi connectivity index (χ1n) is 7.17. The molecule has 0 unspecified atom stereocenters. The highest BCUT2D eigenvalue weighted by Gasteiger charge is 2.14. The molecule has 4 N–H and O–H groups in total. The van der Waals surface area contributed by atoms with Crippen LogP contribution < -0.4 is 11.5 Å². The van der Waals surface area contributed by atoms with E-state index in [9.17, 15) is 0 Å². The first kappa shape index (κ1) is 15.4. The maximum absolute atomic E-state index is 6.12. The molecule has 0 amide bonds. The smallest absolute Gasteiger partial charge is 0.230 e. The van der Waals surface area contributed by atoms with Crippen molar-refractivity contribution < 1.29 is 0 Å². The van der Waals surface area contributed by atoms with E-state index in [-0.39, 0.29) is 5.82 Å². The molecule has 0 atom stereocenters. The Kier molecular flexibility index (Phi) is 3.96. The SMILES string of the molecule is Nc1nn(-c2ccccc2)c(N)c1N=Nc1nc(-c2cscn2)cs1. The van der Waals surface area contributed by atoms with Crippen LogP contribution in [-0.2, 0) is 0 Å². The molecule has 3 aromatic heterocycles. The quantitative estimate of drug-likeness (QED) is 0.527. The van der Waals surface area contributed by atoms with E-state index >= 15 is 0 Å². The number of thiazole rings is 2. The zero-order valence-electron chi connectivity index (χ0n) is 12.8. The number of rotatable bonds is 4. The van der Waals surface area contributed by atoms with Crippen molar-refractivity contribution in [3.05, 3.63) is 46.6 Å². The molecule has 0 spiro atoms. The summed E-state index contributed by atoms with van der Waals surface area (Å²) in [6, 6.07) is 9.46. The molecule has 0 aliphatic heterocycles. The minimum atomic E-state index is 0.210. The maximum Gasteiger partial charge on any atom is 0.230 e. The third-order valence-electron chi connectivity index (χ3n) is 3.34. The average Bonchev–Trinajstić information content (AvgIpc) is 3.35. The molecule has 0 radical (unpaired) electrons. The largest absolute Gasteiger partial charge is 0.382 e. The second-order valence-corrected chi connectivity index (χ2v) is 6.51. The molecule has 25 heavy (non-hydrogen) atoms. The second-order valence-electron chi connectivity index (χ2n) is 4.96. The van der Waals surface area contributed by atoms with Crippen molar-refractivity contribution >= 4 is 45.1 Å². The van der Waals surface area contributed by atoms with Gasteiger partial charge in [-0.3, -0.25) is 0 Å². The van der Waals surface area contributed by atoms with Crippen LogP contribution in [0.3, 0.4) is 0 Å². The molecule has 3 heterocycles. The number of anilines is 2. The Morgan fingerprint density at radius 2 is 1.84 bits per heavy atom. The van der Waals surface area contributed by atoms with Crippen molar-refractivity contribution in [2.45, 2.75) is 0 Å². The van der Waals surface area contributed by atoms with Crippen molar-refractivity contribution in [1.29, 1.82) is 0 Å². The number of benzene rings is 1. The fraction of sp³-hybridized carbons (Fsp3) is 0. The number of nitrogen functional groups attached to an aromatic ring is 2. The third kappa shape index (κ3) is 2.99. The normalized spacial score (nSPS) is 11.4. The molecule has 0 saturated carbocycles. The minimum Gasteiger partial charge on any atom is -0.382 e. The Hall–Kier alpha value is -3.11. The number of hydrogen-bond donors (Lipinski definition) is 2. The summed E-state index contributed by atoms with van der Waals surface area (Å²) in [6.45, 7) is 0. The van der Waals surface area contributed by atoms with Gasteiger partial charge in [-0.05, 0) is 12.1 Å². The number of aromatic nitrogens is 4. The van der Waals surface area contributed by atoms with Gasteiger partial charge in [-0.1, -0.05) is 18.2 Å². The predicted molar refractivity (Wildman–Crippen MR) is 99.8 cm³/mol. The summed E-state index contributed by atoms with van der Waals surface area (Å²) in [7, 11) is 0. The van der Waals surface area contributed by atoms with Crippen LogP contribution in [0.1, 0.15) is 0 Å². The molecule has 1 aromatic carbocycles. The summed E-state index contributed by atoms with van der Waals surface area (Å²) in [6.07, 6.45) is 0. The Morgan fingerprint density at radius 1 is 1.00 bits per heavy atom. The lowest BCUT2D eigenvalue weighted by atomic mass is 10.3. The Bertz CT molecular complexity index is 1020. The highest BCUT2D eigenvalue weighted by atomic mass is 32.1. The van der Waals surface area contributed by atoms with E-state index in [0.29, 0.717) is 16.6 Å². The first-order chi connectivity index (χ1) is 12.2. The van der Waals surface area contributed by atoms with Crippen molar-refractivity contribution in [2.75, 3.05) is 11.5 Å². The summed E-state index contributed by atoms with van der Waals surface area (Å²) >= 11 is 2.88. The highest BCUT2D eigenvalue weighted by Crippen LogP contribution is 2.34. The molecule has 0 bridgehead atoms. The first-order valence-corrected chi connectivity index (χ1v) is 9.00. The Morgan fingerprint density at radius 3 is 2.60 bits per heavy atom. The molecule has 4 rings (SSSR count). The van der Waals surface area contributed by atoms with Crippen LogP contribution in [0.2, 0.25) is 0 Å². The lowest BCUT2D eigenvalue weighted by Gasteiger charge is -2.02. The highest BCUT2D eigenvalue weighted by molar-refractivity contribution is 7.13. The summed E-state index contributed by atoms with van der Waals surface area (Å²) in [5.41, 5.74) is 16.5. The van der Waals surface area contributed by atoms with Gasteiger partial charge in [-0.15, -0.1) is 38.0 Å². The fourth-order valence-electron chi connectivity index (χ4n) is 2.17. The fourth-order valence-corrected chi connectivity index (χ4v) is 3.34. The van der Waals surface area contributed by atoms with E-state index in [4.69, 9.17) is 11.5 Å². The topological polar surface area (TPSA) is 120 Å². The summed E-state index contributed by atoms with van der Waals surface area (Å²) < 4.78 is 1.53. The summed E-state index contributed by atoms with van der Waals surface area (Å²) in [5.74, 6) is 0.533. The van der Waals surface area contributed by atoms with E-state index in [0.717, 1.165) is 17.1 Å². The van der Waals surface area contributed by atoms with Crippen molar-refractivity contribution in [2.24, 2.45) is 10.2 Å². The Balaban J connectivity index is 1.63. The molecule has 4 aromatic rings. The zero-order chi connectivity index (χ0) is 17.2. The van der Waals surface area contributed by atoms with Gasteiger partial charge in [0.1, 0.15) is 11.4 Å². The number of hydrogen-bond acceptors (Lipinski definition) is 9. The standard InChI is InChI=1S/C15H12N8S2/c16-13-12(14(17)23(22-13)9-4-2-1-3-5-9)20-21-15-19-11(7-25-15)10-6-24-8-18-10/h1-8H,17H2,(H2,16,22). The molecular formula is C15H12N8S2. The lowest BCUT2D eigenvalue weighted by Crippen LogP contribution is -2.01. The molecule has 8 nitrogen and oxygen atoms in total. The van der Waals surface area contributed by atoms with E-state index < -0.39 is 0 Å². The van der Waals surface area contributed by atoms with Crippen LogP contribution in [0.25, 0.3) is 17.1 Å². The molecule has 0 aliphatic carbocycles. The van der Waals surface area contributed by atoms with Crippen LogP contribution in [0.4, 0.5) is 22.5 Å². The summed E-state index contributed by atoms with van der Waals surface area (Å²) in [5, 5.41) is 16.8. The van der Waals surface area contributed by atoms with Gasteiger partial charge in [0, 0.05) is 10.8 Å². The molecule has 0 fully saturated rings. The lowest BCUT2D eigenvalue weighted by molar-refractivity contribution is 0.897.